The number of carbonyl (C=O) groups is 2. The molecule has 0 amide bonds. The van der Waals surface area contributed by atoms with Gasteiger partial charge in [-0.1, -0.05) is 31.7 Å². The molecule has 0 saturated heterocycles. The molecule has 0 aromatic heterocycles. The zero-order chi connectivity index (χ0) is 16.5. The van der Waals surface area contributed by atoms with Crippen LogP contribution in [0.4, 0.5) is 0 Å². The highest BCUT2D eigenvalue weighted by Crippen LogP contribution is 2.29. The number of benzene rings is 1. The van der Waals surface area contributed by atoms with Gasteiger partial charge < -0.3 is 9.90 Å². The lowest BCUT2D eigenvalue weighted by atomic mass is 9.94. The fourth-order valence-electron chi connectivity index (χ4n) is 2.76. The van der Waals surface area contributed by atoms with Crippen LogP contribution in [-0.2, 0) is 4.79 Å². The Balaban J connectivity index is 2.41. The molecule has 0 aliphatic carbocycles. The van der Waals surface area contributed by atoms with Gasteiger partial charge in [-0.25, -0.2) is 0 Å². The van der Waals surface area contributed by atoms with Gasteiger partial charge in [0.25, 0.3) is 0 Å². The largest absolute Gasteiger partial charge is 0.507 e. The Morgan fingerprint density at radius 3 is 2.23 bits per heavy atom. The summed E-state index contributed by atoms with van der Waals surface area (Å²) in [5, 5.41) is 10.2. The van der Waals surface area contributed by atoms with Crippen LogP contribution >= 0.6 is 0 Å². The number of phenols is 1. The third kappa shape index (κ3) is 5.28. The highest BCUT2D eigenvalue weighted by molar-refractivity contribution is 6.00. The molecule has 0 fully saturated rings. The lowest BCUT2D eigenvalue weighted by Gasteiger charge is -2.12. The zero-order valence-electron chi connectivity index (χ0n) is 14.1. The van der Waals surface area contributed by atoms with Crippen molar-refractivity contribution >= 4 is 12.1 Å². The standard InChI is InChI=1S/C19H28O3/c1-14-13-15(2)18(19(22)16(14)3)17(21)11-9-7-5-4-6-8-10-12-20/h12-13,22H,4-11H2,1-3H3. The molecule has 1 rings (SSSR count). The maximum absolute atomic E-state index is 12.3. The number of ketones is 1. The zero-order valence-corrected chi connectivity index (χ0v) is 14.1. The van der Waals surface area contributed by atoms with Crippen molar-refractivity contribution in [2.75, 3.05) is 0 Å². The lowest BCUT2D eigenvalue weighted by Crippen LogP contribution is -2.04. The summed E-state index contributed by atoms with van der Waals surface area (Å²) in [7, 11) is 0. The number of carbonyl (C=O) groups excluding carboxylic acids is 2. The van der Waals surface area contributed by atoms with Crippen LogP contribution in [0, 0.1) is 20.8 Å². The average molecular weight is 304 g/mol. The van der Waals surface area contributed by atoms with Gasteiger partial charge in [-0.2, -0.15) is 0 Å². The highest BCUT2D eigenvalue weighted by Gasteiger charge is 2.17. The van der Waals surface area contributed by atoms with Gasteiger partial charge in [0.2, 0.25) is 0 Å². The van der Waals surface area contributed by atoms with E-state index in [0.29, 0.717) is 18.4 Å². The van der Waals surface area contributed by atoms with Crippen LogP contribution < -0.4 is 0 Å². The van der Waals surface area contributed by atoms with Gasteiger partial charge in [-0.05, 0) is 50.3 Å². The first-order chi connectivity index (χ1) is 10.5. The molecule has 1 aromatic rings. The molecule has 0 bridgehead atoms. The Labute approximate surface area is 133 Å². The van der Waals surface area contributed by atoms with Crippen molar-refractivity contribution in [3.05, 3.63) is 28.3 Å². The number of rotatable bonds is 10. The summed E-state index contributed by atoms with van der Waals surface area (Å²) in [6, 6.07) is 1.97. The van der Waals surface area contributed by atoms with E-state index in [-0.39, 0.29) is 11.5 Å². The third-order valence-corrected chi connectivity index (χ3v) is 4.27. The van der Waals surface area contributed by atoms with Gasteiger partial charge in [-0.15, -0.1) is 0 Å². The Morgan fingerprint density at radius 1 is 1.00 bits per heavy atom. The topological polar surface area (TPSA) is 54.4 Å². The fraction of sp³-hybridized carbons (Fsp3) is 0.579. The smallest absolute Gasteiger partial charge is 0.166 e. The molecule has 3 nitrogen and oxygen atoms in total. The fourth-order valence-corrected chi connectivity index (χ4v) is 2.76. The SMILES string of the molecule is Cc1cc(C)c(C(=O)CCCCCCCCC=O)c(O)c1C. The van der Waals surface area contributed by atoms with E-state index < -0.39 is 0 Å². The third-order valence-electron chi connectivity index (χ3n) is 4.27. The number of aldehydes is 1. The second-order valence-electron chi connectivity index (χ2n) is 6.11. The van der Waals surface area contributed by atoms with E-state index in [1.54, 1.807) is 0 Å². The molecule has 0 radical (unpaired) electrons. The van der Waals surface area contributed by atoms with Gasteiger partial charge >= 0.3 is 0 Å². The first-order valence-electron chi connectivity index (χ1n) is 8.25. The maximum Gasteiger partial charge on any atom is 0.166 e. The minimum Gasteiger partial charge on any atom is -0.507 e. The van der Waals surface area contributed by atoms with Gasteiger partial charge in [-0.3, -0.25) is 4.79 Å². The lowest BCUT2D eigenvalue weighted by molar-refractivity contribution is -0.107. The monoisotopic (exact) mass is 304 g/mol. The maximum atomic E-state index is 12.3. The Morgan fingerprint density at radius 2 is 1.59 bits per heavy atom. The number of aryl methyl sites for hydroxylation is 2. The van der Waals surface area contributed by atoms with Crippen molar-refractivity contribution in [1.29, 1.82) is 0 Å². The summed E-state index contributed by atoms with van der Waals surface area (Å²) in [5.41, 5.74) is 3.17. The summed E-state index contributed by atoms with van der Waals surface area (Å²) in [6.07, 6.45) is 8.28. The molecule has 0 aliphatic heterocycles. The van der Waals surface area contributed by atoms with Crippen LogP contribution in [0.15, 0.2) is 6.07 Å². The minimum absolute atomic E-state index is 0.0408. The number of Topliss-reactive ketones (excluding diaryl/α,β-unsaturated/α-hetero) is 1. The number of hydrogen-bond acceptors (Lipinski definition) is 3. The Kier molecular flexibility index (Phi) is 7.86. The Bertz CT molecular complexity index is 518. The van der Waals surface area contributed by atoms with E-state index >= 15 is 0 Å². The number of aromatic hydroxyl groups is 1. The molecule has 0 unspecified atom stereocenters. The number of hydrogen-bond donors (Lipinski definition) is 1. The van der Waals surface area contributed by atoms with Crippen LogP contribution in [0.1, 0.15) is 78.4 Å². The predicted molar refractivity (Wildman–Crippen MR) is 89.6 cm³/mol. The minimum atomic E-state index is 0.0408. The van der Waals surface area contributed by atoms with Gasteiger partial charge in [0.05, 0.1) is 5.56 Å². The van der Waals surface area contributed by atoms with Gasteiger partial charge in [0.1, 0.15) is 12.0 Å². The van der Waals surface area contributed by atoms with E-state index in [0.717, 1.165) is 61.5 Å². The molecule has 3 heteroatoms. The average Bonchev–Trinajstić information content (AvgIpc) is 2.47. The first kappa shape index (κ1) is 18.4. The van der Waals surface area contributed by atoms with E-state index in [4.69, 9.17) is 0 Å². The summed E-state index contributed by atoms with van der Waals surface area (Å²) in [4.78, 5) is 22.5. The number of phenolic OH excluding ortho intramolecular Hbond substituents is 1. The second-order valence-corrected chi connectivity index (χ2v) is 6.11. The van der Waals surface area contributed by atoms with E-state index in [2.05, 4.69) is 0 Å². The van der Waals surface area contributed by atoms with E-state index in [1.807, 2.05) is 26.8 Å². The first-order valence-corrected chi connectivity index (χ1v) is 8.25. The van der Waals surface area contributed by atoms with Gasteiger partial charge in [0.15, 0.2) is 5.78 Å². The Hall–Kier alpha value is -1.64. The van der Waals surface area contributed by atoms with Crippen LogP contribution in [0.25, 0.3) is 0 Å². The molecule has 0 atom stereocenters. The van der Waals surface area contributed by atoms with Crippen LogP contribution in [-0.4, -0.2) is 17.2 Å². The molecule has 0 saturated carbocycles. The van der Waals surface area contributed by atoms with Crippen LogP contribution in [0.3, 0.4) is 0 Å². The molecule has 1 N–H and O–H groups in total. The van der Waals surface area contributed by atoms with E-state index in [1.165, 1.54) is 0 Å². The normalized spacial score (nSPS) is 10.7. The summed E-state index contributed by atoms with van der Waals surface area (Å²) in [5.74, 6) is 0.190. The highest BCUT2D eigenvalue weighted by atomic mass is 16.3. The molecule has 22 heavy (non-hydrogen) atoms. The van der Waals surface area contributed by atoms with Crippen LogP contribution in [0.2, 0.25) is 0 Å². The number of unbranched alkanes of at least 4 members (excludes halogenated alkanes) is 6. The molecule has 0 aliphatic rings. The molecular formula is C19H28O3. The van der Waals surface area contributed by atoms with Crippen molar-refractivity contribution in [3.8, 4) is 5.75 Å². The van der Waals surface area contributed by atoms with Crippen molar-refractivity contribution < 1.29 is 14.7 Å². The van der Waals surface area contributed by atoms with Crippen molar-refractivity contribution in [2.24, 2.45) is 0 Å². The van der Waals surface area contributed by atoms with Crippen molar-refractivity contribution in [1.82, 2.24) is 0 Å². The second kappa shape index (κ2) is 9.39. The van der Waals surface area contributed by atoms with Crippen molar-refractivity contribution in [2.45, 2.75) is 72.1 Å². The predicted octanol–water partition coefficient (Wildman–Crippen LogP) is 4.82. The van der Waals surface area contributed by atoms with Crippen molar-refractivity contribution in [3.63, 3.8) is 0 Å². The van der Waals surface area contributed by atoms with Gasteiger partial charge in [0, 0.05) is 12.8 Å². The summed E-state index contributed by atoms with van der Waals surface area (Å²) in [6.45, 7) is 5.67. The molecule has 122 valence electrons. The molecular weight excluding hydrogens is 276 g/mol. The quantitative estimate of drug-likeness (QED) is 0.383. The molecule has 1 aromatic carbocycles. The summed E-state index contributed by atoms with van der Waals surface area (Å²) >= 11 is 0. The molecule has 0 heterocycles. The summed E-state index contributed by atoms with van der Waals surface area (Å²) < 4.78 is 0. The van der Waals surface area contributed by atoms with Crippen LogP contribution in [0.5, 0.6) is 5.75 Å². The van der Waals surface area contributed by atoms with E-state index in [9.17, 15) is 14.7 Å². The molecule has 0 spiro atoms.